The summed E-state index contributed by atoms with van der Waals surface area (Å²) >= 11 is 0. The number of hydrogen-bond donors (Lipinski definition) is 3. The van der Waals surface area contributed by atoms with Gasteiger partial charge in [0.25, 0.3) is 0 Å². The van der Waals surface area contributed by atoms with Gasteiger partial charge in [-0.1, -0.05) is 24.3 Å². The van der Waals surface area contributed by atoms with Gasteiger partial charge >= 0.3 is 0 Å². The molecule has 0 radical (unpaired) electrons. The van der Waals surface area contributed by atoms with Gasteiger partial charge in [0, 0.05) is 13.1 Å². The lowest BCUT2D eigenvalue weighted by atomic mass is 9.97. The van der Waals surface area contributed by atoms with E-state index in [0.29, 0.717) is 19.0 Å². The third-order valence-electron chi connectivity index (χ3n) is 4.58. The number of nitrogens with one attached hydrogen (secondary N) is 2. The van der Waals surface area contributed by atoms with E-state index in [1.54, 1.807) is 0 Å². The standard InChI is InChI=1S/C18H29N3O2/c1-15-4-2-3-5-17(15)13-20-18(23)14-19-12-16-6-8-21(9-7-16)10-11-22/h2-5,16,19,22H,6-14H2,1H3,(H,20,23). The second kappa shape index (κ2) is 9.65. The SMILES string of the molecule is Cc1ccccc1CNC(=O)CNCC1CCN(CCO)CC1. The molecule has 0 aliphatic carbocycles. The van der Waals surface area contributed by atoms with Crippen molar-refractivity contribution in [1.82, 2.24) is 15.5 Å². The number of hydrogen-bond acceptors (Lipinski definition) is 4. The van der Waals surface area contributed by atoms with Crippen LogP contribution in [0.15, 0.2) is 24.3 Å². The maximum atomic E-state index is 11.9. The fourth-order valence-electron chi connectivity index (χ4n) is 3.01. The molecule has 3 N–H and O–H groups in total. The third kappa shape index (κ3) is 6.29. The molecule has 1 fully saturated rings. The molecule has 0 spiro atoms. The number of carbonyl (C=O) groups excluding carboxylic acids is 1. The highest BCUT2D eigenvalue weighted by atomic mass is 16.3. The Morgan fingerprint density at radius 2 is 2.04 bits per heavy atom. The molecule has 1 aliphatic heterocycles. The molecule has 0 unspecified atom stereocenters. The summed E-state index contributed by atoms with van der Waals surface area (Å²) in [6, 6.07) is 8.11. The van der Waals surface area contributed by atoms with E-state index in [1.165, 1.54) is 5.56 Å². The Bertz CT molecular complexity index is 485. The summed E-state index contributed by atoms with van der Waals surface area (Å²) in [7, 11) is 0. The monoisotopic (exact) mass is 319 g/mol. The molecule has 0 atom stereocenters. The van der Waals surface area contributed by atoms with E-state index < -0.39 is 0 Å². The molecule has 0 saturated carbocycles. The molecular formula is C18H29N3O2. The van der Waals surface area contributed by atoms with Gasteiger partial charge in [-0.2, -0.15) is 0 Å². The van der Waals surface area contributed by atoms with Crippen molar-refractivity contribution in [2.75, 3.05) is 39.3 Å². The molecule has 5 nitrogen and oxygen atoms in total. The fourth-order valence-corrected chi connectivity index (χ4v) is 3.01. The van der Waals surface area contributed by atoms with Crippen molar-refractivity contribution in [1.29, 1.82) is 0 Å². The predicted molar refractivity (Wildman–Crippen MR) is 92.1 cm³/mol. The number of nitrogens with zero attached hydrogens (tertiary/aromatic N) is 1. The first-order chi connectivity index (χ1) is 11.2. The number of β-amino-alcohol motifs (C(OH)–C–C–N with tert-alkyl or cyclic N) is 1. The molecule has 0 bridgehead atoms. The maximum Gasteiger partial charge on any atom is 0.234 e. The van der Waals surface area contributed by atoms with Gasteiger partial charge in [-0.05, 0) is 56.4 Å². The normalized spacial score (nSPS) is 16.4. The number of likely N-dealkylation sites (tertiary alicyclic amines) is 1. The van der Waals surface area contributed by atoms with Gasteiger partial charge in [0.2, 0.25) is 5.91 Å². The van der Waals surface area contributed by atoms with Gasteiger partial charge in [-0.25, -0.2) is 0 Å². The summed E-state index contributed by atoms with van der Waals surface area (Å²) in [4.78, 5) is 14.2. The lowest BCUT2D eigenvalue weighted by Crippen LogP contribution is -2.40. The van der Waals surface area contributed by atoms with Crippen LogP contribution < -0.4 is 10.6 Å². The minimum atomic E-state index is 0.0472. The largest absolute Gasteiger partial charge is 0.395 e. The maximum absolute atomic E-state index is 11.9. The van der Waals surface area contributed by atoms with Crippen LogP contribution in [-0.2, 0) is 11.3 Å². The Kier molecular flexibility index (Phi) is 7.52. The molecule has 1 aromatic rings. The molecule has 128 valence electrons. The van der Waals surface area contributed by atoms with Crippen LogP contribution in [0.3, 0.4) is 0 Å². The summed E-state index contributed by atoms with van der Waals surface area (Å²) < 4.78 is 0. The number of aliphatic hydroxyl groups is 1. The molecule has 1 saturated heterocycles. The summed E-state index contributed by atoms with van der Waals surface area (Å²) in [5.74, 6) is 0.681. The van der Waals surface area contributed by atoms with Gasteiger partial charge in [0.05, 0.1) is 13.2 Å². The Morgan fingerprint density at radius 3 is 2.74 bits per heavy atom. The summed E-state index contributed by atoms with van der Waals surface area (Å²) in [5.41, 5.74) is 2.37. The van der Waals surface area contributed by atoms with Crippen LogP contribution in [0, 0.1) is 12.8 Å². The Morgan fingerprint density at radius 1 is 1.30 bits per heavy atom. The van der Waals surface area contributed by atoms with Crippen molar-refractivity contribution in [3.63, 3.8) is 0 Å². The van der Waals surface area contributed by atoms with Crippen LogP contribution in [0.2, 0.25) is 0 Å². The topological polar surface area (TPSA) is 64.6 Å². The Hall–Kier alpha value is -1.43. The van der Waals surface area contributed by atoms with E-state index in [2.05, 4.69) is 28.5 Å². The molecule has 1 aliphatic rings. The zero-order valence-corrected chi connectivity index (χ0v) is 14.1. The molecule has 23 heavy (non-hydrogen) atoms. The van der Waals surface area contributed by atoms with Crippen LogP contribution in [-0.4, -0.2) is 55.2 Å². The average Bonchev–Trinajstić information content (AvgIpc) is 2.56. The molecule has 1 aromatic carbocycles. The van der Waals surface area contributed by atoms with E-state index in [-0.39, 0.29) is 12.5 Å². The second-order valence-electron chi connectivity index (χ2n) is 6.34. The van der Waals surface area contributed by atoms with E-state index in [0.717, 1.165) is 44.6 Å². The Labute approximate surface area is 139 Å². The quantitative estimate of drug-likeness (QED) is 0.666. The number of carbonyl (C=O) groups is 1. The first-order valence-electron chi connectivity index (χ1n) is 8.54. The van der Waals surface area contributed by atoms with Crippen molar-refractivity contribution in [3.8, 4) is 0 Å². The van der Waals surface area contributed by atoms with Crippen LogP contribution in [0.25, 0.3) is 0 Å². The highest BCUT2D eigenvalue weighted by Crippen LogP contribution is 2.15. The number of piperidine rings is 1. The van der Waals surface area contributed by atoms with Gasteiger partial charge in [0.15, 0.2) is 0 Å². The summed E-state index contributed by atoms with van der Waals surface area (Å²) in [6.45, 7) is 7.04. The zero-order chi connectivity index (χ0) is 16.5. The third-order valence-corrected chi connectivity index (χ3v) is 4.58. The number of rotatable bonds is 8. The van der Waals surface area contributed by atoms with E-state index in [9.17, 15) is 4.79 Å². The highest BCUT2D eigenvalue weighted by Gasteiger charge is 2.18. The number of benzene rings is 1. The smallest absolute Gasteiger partial charge is 0.234 e. The predicted octanol–water partition coefficient (Wildman–Crippen LogP) is 0.905. The number of aryl methyl sites for hydroxylation is 1. The molecule has 0 aromatic heterocycles. The zero-order valence-electron chi connectivity index (χ0n) is 14.1. The van der Waals surface area contributed by atoms with Crippen LogP contribution >= 0.6 is 0 Å². The van der Waals surface area contributed by atoms with E-state index in [4.69, 9.17) is 5.11 Å². The minimum Gasteiger partial charge on any atom is -0.395 e. The van der Waals surface area contributed by atoms with Gasteiger partial charge in [-0.3, -0.25) is 4.79 Å². The molecular weight excluding hydrogens is 290 g/mol. The van der Waals surface area contributed by atoms with E-state index in [1.807, 2.05) is 18.2 Å². The van der Waals surface area contributed by atoms with Crippen LogP contribution in [0.5, 0.6) is 0 Å². The molecule has 1 heterocycles. The number of amides is 1. The van der Waals surface area contributed by atoms with Gasteiger partial charge in [0.1, 0.15) is 0 Å². The fraction of sp³-hybridized carbons (Fsp3) is 0.611. The van der Waals surface area contributed by atoms with Gasteiger partial charge < -0.3 is 20.6 Å². The van der Waals surface area contributed by atoms with Gasteiger partial charge in [-0.15, -0.1) is 0 Å². The minimum absolute atomic E-state index is 0.0472. The lowest BCUT2D eigenvalue weighted by Gasteiger charge is -2.31. The Balaban J connectivity index is 1.58. The first kappa shape index (κ1) is 17.9. The van der Waals surface area contributed by atoms with Crippen molar-refractivity contribution in [3.05, 3.63) is 35.4 Å². The highest BCUT2D eigenvalue weighted by molar-refractivity contribution is 5.78. The summed E-state index contributed by atoms with van der Waals surface area (Å²) in [5, 5.41) is 15.2. The molecule has 5 heteroatoms. The molecule has 1 amide bonds. The first-order valence-corrected chi connectivity index (χ1v) is 8.54. The summed E-state index contributed by atoms with van der Waals surface area (Å²) in [6.07, 6.45) is 2.27. The van der Waals surface area contributed by atoms with Crippen molar-refractivity contribution in [2.24, 2.45) is 5.92 Å². The average molecular weight is 319 g/mol. The van der Waals surface area contributed by atoms with Crippen LogP contribution in [0.4, 0.5) is 0 Å². The van der Waals surface area contributed by atoms with Crippen molar-refractivity contribution in [2.45, 2.75) is 26.3 Å². The second-order valence-corrected chi connectivity index (χ2v) is 6.34. The number of aliphatic hydroxyl groups excluding tert-OH is 1. The molecule has 2 rings (SSSR count). The van der Waals surface area contributed by atoms with Crippen molar-refractivity contribution < 1.29 is 9.90 Å². The lowest BCUT2D eigenvalue weighted by molar-refractivity contribution is -0.120. The van der Waals surface area contributed by atoms with Crippen LogP contribution in [0.1, 0.15) is 24.0 Å². The van der Waals surface area contributed by atoms with E-state index >= 15 is 0 Å². The van der Waals surface area contributed by atoms with Crippen molar-refractivity contribution >= 4 is 5.91 Å².